The van der Waals surface area contributed by atoms with Crippen LogP contribution in [0.25, 0.3) is 22.3 Å². The maximum atomic E-state index is 2.93. The third-order valence-electron chi connectivity index (χ3n) is 18.0. The van der Waals surface area contributed by atoms with Crippen LogP contribution >= 0.6 is 0 Å². The topological polar surface area (TPSA) is 9.72 Å². The van der Waals surface area contributed by atoms with E-state index in [1.807, 2.05) is 0 Å². The lowest BCUT2D eigenvalue weighted by atomic mass is 9.33. The van der Waals surface area contributed by atoms with Crippen molar-refractivity contribution in [2.24, 2.45) is 0 Å². The molecule has 4 heteroatoms. The van der Waals surface area contributed by atoms with E-state index in [1.54, 1.807) is 5.56 Å². The summed E-state index contributed by atoms with van der Waals surface area (Å²) in [5.74, 6) is 0. The van der Waals surface area contributed by atoms with Gasteiger partial charge in [0.2, 0.25) is 0 Å². The lowest BCUT2D eigenvalue weighted by molar-refractivity contribution is 0.194. The molecule has 13 rings (SSSR count). The van der Waals surface area contributed by atoms with Gasteiger partial charge in [-0.15, -0.1) is 0 Å². The maximum absolute atomic E-state index is 2.93. The molecule has 0 bridgehead atoms. The first-order valence-corrected chi connectivity index (χ1v) is 24.2. The van der Waals surface area contributed by atoms with E-state index in [0.29, 0.717) is 0 Å². The Morgan fingerprint density at radius 2 is 1.00 bits per heavy atom. The lowest BCUT2D eigenvalue weighted by Crippen LogP contribution is -2.64. The van der Waals surface area contributed by atoms with Crippen LogP contribution in [0.4, 0.5) is 39.8 Å². The van der Waals surface area contributed by atoms with Crippen LogP contribution < -0.4 is 31.1 Å². The highest BCUT2D eigenvalue weighted by molar-refractivity contribution is 7.00. The minimum atomic E-state index is -0.0990. The fourth-order valence-corrected chi connectivity index (χ4v) is 14.3. The highest BCUT2D eigenvalue weighted by Gasteiger charge is 2.62. The van der Waals surface area contributed by atoms with Crippen LogP contribution in [0.5, 0.6) is 0 Å². The number of aryl methyl sites for hydroxylation is 2. The second kappa shape index (κ2) is 13.3. The van der Waals surface area contributed by atoms with Gasteiger partial charge in [-0.2, -0.15) is 0 Å². The van der Waals surface area contributed by atoms with Crippen molar-refractivity contribution in [2.45, 2.75) is 115 Å². The second-order valence-electron chi connectivity index (χ2n) is 21.3. The van der Waals surface area contributed by atoms with E-state index >= 15 is 0 Å². The molecule has 0 amide bonds. The van der Waals surface area contributed by atoms with Gasteiger partial charge in [0.25, 0.3) is 6.71 Å². The Morgan fingerprint density at radius 3 is 1.70 bits per heavy atom. The van der Waals surface area contributed by atoms with Gasteiger partial charge in [-0.3, -0.25) is 0 Å². The van der Waals surface area contributed by atoms with Crippen molar-refractivity contribution in [1.29, 1.82) is 0 Å². The Morgan fingerprint density at radius 1 is 0.422 bits per heavy atom. The maximum Gasteiger partial charge on any atom is 0.252 e. The Bertz CT molecular complexity index is 3070. The van der Waals surface area contributed by atoms with Gasteiger partial charge in [0, 0.05) is 50.6 Å². The normalized spacial score (nSPS) is 25.6. The van der Waals surface area contributed by atoms with Gasteiger partial charge in [0.15, 0.2) is 0 Å². The smallest absolute Gasteiger partial charge is 0.252 e. The first-order valence-electron chi connectivity index (χ1n) is 24.2. The number of hydrogen-bond donors (Lipinski definition) is 0. The average molecular weight is 832 g/mol. The van der Waals surface area contributed by atoms with Crippen molar-refractivity contribution in [3.63, 3.8) is 0 Å². The summed E-state index contributed by atoms with van der Waals surface area (Å²) in [6.45, 7) is 15.0. The van der Waals surface area contributed by atoms with Crippen LogP contribution in [-0.2, 0) is 10.8 Å². The predicted molar refractivity (Wildman–Crippen MR) is 272 cm³/mol. The van der Waals surface area contributed by atoms with Gasteiger partial charge in [-0.1, -0.05) is 148 Å². The van der Waals surface area contributed by atoms with Gasteiger partial charge < -0.3 is 14.7 Å². The van der Waals surface area contributed by atoms with Crippen molar-refractivity contribution in [1.82, 2.24) is 0 Å². The summed E-state index contributed by atoms with van der Waals surface area (Å²) in [6.07, 6.45) is 9.74. The quantitative estimate of drug-likeness (QED) is 0.164. The molecule has 316 valence electrons. The zero-order valence-corrected chi connectivity index (χ0v) is 38.4. The molecule has 0 aromatic heterocycles. The molecular weight excluding hydrogens is 773 g/mol. The summed E-state index contributed by atoms with van der Waals surface area (Å²) in [5.41, 5.74) is 24.4. The SMILES string of the molecule is Cc1ccc(N2c3ccc(C)cc3B3c4cc(-c5ccccc5)cc5c4N(c4cc(N6c7ccc(-c8ccccc8)cc7C7(C)CCCCC67C)cc2c43)C2(C)CCCCC52C)cc1. The monoisotopic (exact) mass is 831 g/mol. The number of anilines is 7. The van der Waals surface area contributed by atoms with Crippen LogP contribution in [0.1, 0.15) is 101 Å². The Balaban J connectivity index is 1.14. The summed E-state index contributed by atoms with van der Waals surface area (Å²) in [5, 5.41) is 0. The lowest BCUT2D eigenvalue weighted by Gasteiger charge is -2.53. The van der Waals surface area contributed by atoms with E-state index in [0.717, 1.165) is 6.42 Å². The fourth-order valence-electron chi connectivity index (χ4n) is 14.3. The molecule has 6 aliphatic rings. The Kier molecular flexibility index (Phi) is 7.98. The molecule has 0 N–H and O–H groups in total. The number of nitrogens with zero attached hydrogens (tertiary/aromatic N) is 3. The molecule has 4 unspecified atom stereocenters. The van der Waals surface area contributed by atoms with E-state index in [9.17, 15) is 0 Å². The molecule has 0 radical (unpaired) electrons. The van der Waals surface area contributed by atoms with Crippen molar-refractivity contribution in [3.8, 4) is 22.3 Å². The highest BCUT2D eigenvalue weighted by Crippen LogP contribution is 2.65. The van der Waals surface area contributed by atoms with E-state index in [2.05, 4.69) is 202 Å². The number of fused-ring (bicyclic) bond motifs is 10. The largest absolute Gasteiger partial charge is 0.335 e. The molecule has 2 aliphatic carbocycles. The Labute approximate surface area is 380 Å². The molecule has 3 nitrogen and oxygen atoms in total. The van der Waals surface area contributed by atoms with E-state index in [-0.39, 0.29) is 28.6 Å². The third-order valence-corrected chi connectivity index (χ3v) is 18.0. The second-order valence-corrected chi connectivity index (χ2v) is 21.3. The van der Waals surface area contributed by atoms with Gasteiger partial charge in [-0.05, 0) is 152 Å². The number of rotatable bonds is 4. The van der Waals surface area contributed by atoms with Gasteiger partial charge in [-0.25, -0.2) is 0 Å². The van der Waals surface area contributed by atoms with E-state index < -0.39 is 0 Å². The van der Waals surface area contributed by atoms with Crippen LogP contribution in [-0.4, -0.2) is 17.8 Å². The van der Waals surface area contributed by atoms with Crippen molar-refractivity contribution < 1.29 is 0 Å². The molecule has 4 aliphatic heterocycles. The standard InChI is InChI=1S/C60H58BN3/c1-39-21-25-45(26-22-39)62-52-27-23-40(2)33-49(52)61-50-36-44(42-19-11-8-12-20-42)35-48-56(50)64(60(6)32-16-14-30-58(48,60)4)54-38-46(37-53(62)55(54)61)63-51-28-24-43(41-17-9-7-10-18-41)34-47(51)57(3)29-13-15-31-59(57,63)5/h7-12,17-28,33-38H,13-16,29-32H2,1-6H3. The van der Waals surface area contributed by atoms with E-state index in [4.69, 9.17) is 0 Å². The summed E-state index contributed by atoms with van der Waals surface area (Å²) in [4.78, 5) is 8.40. The average Bonchev–Trinajstić information content (AvgIpc) is 3.66. The first-order chi connectivity index (χ1) is 31.0. The summed E-state index contributed by atoms with van der Waals surface area (Å²) in [7, 11) is 0. The highest BCUT2D eigenvalue weighted by atomic mass is 15.3. The van der Waals surface area contributed by atoms with Crippen molar-refractivity contribution in [2.75, 3.05) is 14.7 Å². The van der Waals surface area contributed by atoms with Crippen LogP contribution in [0, 0.1) is 13.8 Å². The minimum absolute atomic E-state index is 0.00299. The first kappa shape index (κ1) is 38.5. The zero-order chi connectivity index (χ0) is 43.3. The summed E-state index contributed by atoms with van der Waals surface area (Å²) < 4.78 is 0. The minimum Gasteiger partial charge on any atom is -0.335 e. The summed E-state index contributed by atoms with van der Waals surface area (Å²) in [6, 6.07) is 56.7. The van der Waals surface area contributed by atoms with Gasteiger partial charge in [0.1, 0.15) is 0 Å². The van der Waals surface area contributed by atoms with E-state index in [1.165, 1.54) is 140 Å². The molecule has 0 saturated heterocycles. The van der Waals surface area contributed by atoms with Gasteiger partial charge in [0.05, 0.1) is 11.1 Å². The van der Waals surface area contributed by atoms with Crippen LogP contribution in [0.15, 0.2) is 146 Å². The molecule has 2 fully saturated rings. The molecule has 4 heterocycles. The molecule has 64 heavy (non-hydrogen) atoms. The third kappa shape index (κ3) is 4.90. The molecule has 2 saturated carbocycles. The molecule has 7 aromatic carbocycles. The number of benzene rings is 7. The Hall–Kier alpha value is -6.00. The predicted octanol–water partition coefficient (Wildman–Crippen LogP) is 13.7. The molecule has 7 aromatic rings. The van der Waals surface area contributed by atoms with Gasteiger partial charge >= 0.3 is 0 Å². The molecule has 4 atom stereocenters. The van der Waals surface area contributed by atoms with Crippen LogP contribution in [0.3, 0.4) is 0 Å². The zero-order valence-electron chi connectivity index (χ0n) is 38.4. The van der Waals surface area contributed by atoms with Crippen molar-refractivity contribution in [3.05, 3.63) is 168 Å². The van der Waals surface area contributed by atoms with Crippen LogP contribution in [0.2, 0.25) is 0 Å². The molecular formula is C60H58BN3. The summed E-state index contributed by atoms with van der Waals surface area (Å²) >= 11 is 0. The fraction of sp³-hybridized carbons (Fsp3) is 0.300. The van der Waals surface area contributed by atoms with Crippen molar-refractivity contribution >= 4 is 62.9 Å². The number of hydrogen-bond acceptors (Lipinski definition) is 3. The molecule has 0 spiro atoms.